The second-order valence-electron chi connectivity index (χ2n) is 4.56. The fourth-order valence-electron chi connectivity index (χ4n) is 2.28. The molecule has 0 aliphatic heterocycles. The van der Waals surface area contributed by atoms with Crippen molar-refractivity contribution >= 4 is 0 Å². The van der Waals surface area contributed by atoms with E-state index in [1.165, 1.54) is 25.7 Å². The van der Waals surface area contributed by atoms with E-state index in [-0.39, 0.29) is 0 Å². The normalized spacial score (nSPS) is 16.5. The van der Waals surface area contributed by atoms with E-state index in [1.54, 1.807) is 7.11 Å². The number of rotatable bonds is 6. The smallest absolute Gasteiger partial charge is 0.131 e. The highest BCUT2D eigenvalue weighted by Crippen LogP contribution is 2.31. The molecule has 2 rings (SSSR count). The first-order valence-corrected chi connectivity index (χ1v) is 6.41. The predicted molar refractivity (Wildman–Crippen MR) is 66.8 cm³/mol. The van der Waals surface area contributed by atoms with E-state index in [0.717, 1.165) is 31.2 Å². The summed E-state index contributed by atoms with van der Waals surface area (Å²) in [5, 5.41) is 3.31. The first kappa shape index (κ1) is 12.5. The number of aromatic nitrogens is 2. The summed E-state index contributed by atoms with van der Waals surface area (Å²) >= 11 is 0. The molecule has 1 N–H and O–H groups in total. The lowest BCUT2D eigenvalue weighted by Crippen LogP contribution is -2.19. The third kappa shape index (κ3) is 3.75. The van der Waals surface area contributed by atoms with Crippen LogP contribution in [0.25, 0.3) is 0 Å². The Labute approximate surface area is 103 Å². The Morgan fingerprint density at radius 3 is 3.00 bits per heavy atom. The lowest BCUT2D eigenvalue weighted by atomic mass is 10.1. The van der Waals surface area contributed by atoms with Crippen molar-refractivity contribution in [2.45, 2.75) is 38.1 Å². The average Bonchev–Trinajstić information content (AvgIpc) is 2.89. The Morgan fingerprint density at radius 1 is 1.41 bits per heavy atom. The van der Waals surface area contributed by atoms with Gasteiger partial charge >= 0.3 is 0 Å². The minimum atomic E-state index is 0.592. The van der Waals surface area contributed by atoms with Gasteiger partial charge < -0.3 is 10.1 Å². The van der Waals surface area contributed by atoms with Crippen LogP contribution in [0.4, 0.5) is 0 Å². The van der Waals surface area contributed by atoms with Crippen molar-refractivity contribution in [3.8, 4) is 0 Å². The van der Waals surface area contributed by atoms with E-state index < -0.39 is 0 Å². The zero-order valence-electron chi connectivity index (χ0n) is 10.5. The number of nitrogens with zero attached hydrogens (tertiary/aromatic N) is 2. The van der Waals surface area contributed by atoms with Gasteiger partial charge in [0.25, 0.3) is 0 Å². The third-order valence-corrected chi connectivity index (χ3v) is 3.24. The molecule has 0 amide bonds. The lowest BCUT2D eigenvalue weighted by Gasteiger charge is -2.09. The summed E-state index contributed by atoms with van der Waals surface area (Å²) in [6, 6.07) is 1.98. The Balaban J connectivity index is 1.87. The van der Waals surface area contributed by atoms with E-state index >= 15 is 0 Å². The molecular weight excluding hydrogens is 214 g/mol. The molecule has 0 radical (unpaired) electrons. The molecular formula is C13H21N3O. The topological polar surface area (TPSA) is 47.0 Å². The molecule has 4 nitrogen and oxygen atoms in total. The molecule has 1 fully saturated rings. The Kier molecular flexibility index (Phi) is 4.88. The molecule has 17 heavy (non-hydrogen) atoms. The molecule has 0 atom stereocenters. The molecule has 0 aromatic carbocycles. The van der Waals surface area contributed by atoms with Crippen LogP contribution in [0.5, 0.6) is 0 Å². The zero-order chi connectivity index (χ0) is 11.9. The summed E-state index contributed by atoms with van der Waals surface area (Å²) in [5.74, 6) is 1.63. The highest BCUT2D eigenvalue weighted by atomic mass is 16.5. The van der Waals surface area contributed by atoms with Gasteiger partial charge in [-0.15, -0.1) is 0 Å². The maximum absolute atomic E-state index is 4.99. The van der Waals surface area contributed by atoms with Gasteiger partial charge in [0.15, 0.2) is 0 Å². The fourth-order valence-corrected chi connectivity index (χ4v) is 2.28. The van der Waals surface area contributed by atoms with Gasteiger partial charge in [-0.25, -0.2) is 9.97 Å². The first-order chi connectivity index (χ1) is 8.40. The molecule has 0 saturated heterocycles. The van der Waals surface area contributed by atoms with Crippen LogP contribution in [0, 0.1) is 0 Å². The quantitative estimate of drug-likeness (QED) is 0.765. The summed E-state index contributed by atoms with van der Waals surface area (Å²) in [4.78, 5) is 9.04. The molecule has 94 valence electrons. The molecule has 1 aliphatic carbocycles. The highest BCUT2D eigenvalue weighted by molar-refractivity contribution is 5.06. The number of hydrogen-bond donors (Lipinski definition) is 1. The summed E-state index contributed by atoms with van der Waals surface area (Å²) in [7, 11) is 1.71. The van der Waals surface area contributed by atoms with Crippen LogP contribution in [0.1, 0.15) is 43.1 Å². The molecule has 1 heterocycles. The Hall–Kier alpha value is -1.00. The van der Waals surface area contributed by atoms with E-state index in [2.05, 4.69) is 15.3 Å². The van der Waals surface area contributed by atoms with Gasteiger partial charge in [0.05, 0.1) is 12.3 Å². The number of ether oxygens (including phenoxy) is 1. The highest BCUT2D eigenvalue weighted by Gasteiger charge is 2.19. The molecule has 0 unspecified atom stereocenters. The van der Waals surface area contributed by atoms with Crippen LogP contribution in [0.15, 0.2) is 12.3 Å². The van der Waals surface area contributed by atoms with Crippen LogP contribution in [-0.4, -0.2) is 30.2 Å². The molecule has 0 bridgehead atoms. The van der Waals surface area contributed by atoms with Crippen molar-refractivity contribution in [2.75, 3.05) is 20.3 Å². The van der Waals surface area contributed by atoms with E-state index in [1.807, 2.05) is 12.3 Å². The Morgan fingerprint density at radius 2 is 2.24 bits per heavy atom. The largest absolute Gasteiger partial charge is 0.383 e. The van der Waals surface area contributed by atoms with Gasteiger partial charge in [0.2, 0.25) is 0 Å². The van der Waals surface area contributed by atoms with Crippen LogP contribution in [0.3, 0.4) is 0 Å². The van der Waals surface area contributed by atoms with Gasteiger partial charge in [-0.2, -0.15) is 0 Å². The van der Waals surface area contributed by atoms with Crippen LogP contribution < -0.4 is 5.32 Å². The van der Waals surface area contributed by atoms with Crippen molar-refractivity contribution in [2.24, 2.45) is 0 Å². The van der Waals surface area contributed by atoms with Crippen LogP contribution in [-0.2, 0) is 11.3 Å². The average molecular weight is 235 g/mol. The van der Waals surface area contributed by atoms with Crippen molar-refractivity contribution in [1.29, 1.82) is 0 Å². The van der Waals surface area contributed by atoms with Gasteiger partial charge in [-0.3, -0.25) is 0 Å². The third-order valence-electron chi connectivity index (χ3n) is 3.24. The van der Waals surface area contributed by atoms with Crippen molar-refractivity contribution in [1.82, 2.24) is 15.3 Å². The summed E-state index contributed by atoms with van der Waals surface area (Å²) in [5.41, 5.74) is 1.08. The summed E-state index contributed by atoms with van der Waals surface area (Å²) in [6.45, 7) is 2.39. The van der Waals surface area contributed by atoms with Crippen LogP contribution >= 0.6 is 0 Å². The molecule has 0 spiro atoms. The molecule has 1 aromatic rings. The monoisotopic (exact) mass is 235 g/mol. The van der Waals surface area contributed by atoms with Crippen molar-refractivity contribution < 1.29 is 4.74 Å². The second kappa shape index (κ2) is 6.67. The van der Waals surface area contributed by atoms with Gasteiger partial charge in [0.1, 0.15) is 5.82 Å². The summed E-state index contributed by atoms with van der Waals surface area (Å²) in [6.07, 6.45) is 7.03. The number of nitrogens with one attached hydrogen (secondary N) is 1. The molecule has 1 aromatic heterocycles. The minimum absolute atomic E-state index is 0.592. The SMILES string of the molecule is COCCNCc1ccnc(C2CCCC2)n1. The minimum Gasteiger partial charge on any atom is -0.383 e. The number of methoxy groups -OCH3 is 1. The second-order valence-corrected chi connectivity index (χ2v) is 4.56. The van der Waals surface area contributed by atoms with E-state index in [4.69, 9.17) is 4.74 Å². The fraction of sp³-hybridized carbons (Fsp3) is 0.692. The molecule has 1 saturated carbocycles. The van der Waals surface area contributed by atoms with Crippen molar-refractivity contribution in [3.05, 3.63) is 23.8 Å². The molecule has 4 heteroatoms. The van der Waals surface area contributed by atoms with Gasteiger partial charge in [-0.05, 0) is 18.9 Å². The van der Waals surface area contributed by atoms with Crippen molar-refractivity contribution in [3.63, 3.8) is 0 Å². The van der Waals surface area contributed by atoms with E-state index in [9.17, 15) is 0 Å². The number of hydrogen-bond acceptors (Lipinski definition) is 4. The lowest BCUT2D eigenvalue weighted by molar-refractivity contribution is 0.199. The maximum Gasteiger partial charge on any atom is 0.131 e. The van der Waals surface area contributed by atoms with E-state index in [0.29, 0.717) is 5.92 Å². The Bertz CT molecular complexity index is 337. The standard InChI is InChI=1S/C13H21N3O/c1-17-9-8-14-10-12-6-7-15-13(16-12)11-4-2-3-5-11/h6-7,11,14H,2-5,8-10H2,1H3. The molecule has 1 aliphatic rings. The van der Waals surface area contributed by atoms with Gasteiger partial charge in [-0.1, -0.05) is 12.8 Å². The van der Waals surface area contributed by atoms with Crippen LogP contribution in [0.2, 0.25) is 0 Å². The maximum atomic E-state index is 4.99. The zero-order valence-corrected chi connectivity index (χ0v) is 10.5. The predicted octanol–water partition coefficient (Wildman–Crippen LogP) is 1.87. The summed E-state index contributed by atoms with van der Waals surface area (Å²) < 4.78 is 4.99. The van der Waals surface area contributed by atoms with Gasteiger partial charge in [0, 0.05) is 32.3 Å². The first-order valence-electron chi connectivity index (χ1n) is 6.41.